The minimum Gasteiger partial charge on any atom is -0.493 e. The molecule has 2 aromatic rings. The molecule has 1 N–H and O–H groups in total. The molecule has 0 saturated carbocycles. The number of rotatable bonds is 6. The fourth-order valence-electron chi connectivity index (χ4n) is 3.10. The number of nitrogens with zero attached hydrogens (tertiary/aromatic N) is 1. The lowest BCUT2D eigenvalue weighted by Gasteiger charge is -2.24. The van der Waals surface area contributed by atoms with Crippen molar-refractivity contribution in [3.8, 4) is 16.9 Å². The van der Waals surface area contributed by atoms with Crippen LogP contribution in [0.2, 0.25) is 0 Å². The fourth-order valence-corrected chi connectivity index (χ4v) is 3.10. The summed E-state index contributed by atoms with van der Waals surface area (Å²) in [4.78, 5) is 0. The van der Waals surface area contributed by atoms with Crippen LogP contribution in [0.25, 0.3) is 11.1 Å². The van der Waals surface area contributed by atoms with Crippen molar-refractivity contribution in [2.75, 3.05) is 11.6 Å². The Morgan fingerprint density at radius 1 is 1.00 bits per heavy atom. The van der Waals surface area contributed by atoms with Crippen LogP contribution in [0.3, 0.4) is 0 Å². The lowest BCUT2D eigenvalue weighted by molar-refractivity contribution is 0.271. The van der Waals surface area contributed by atoms with Gasteiger partial charge in [0.1, 0.15) is 5.75 Å². The molecule has 0 aliphatic carbocycles. The molecule has 0 amide bonds. The molecule has 1 aliphatic rings. The lowest BCUT2D eigenvalue weighted by Crippen LogP contribution is -2.34. The summed E-state index contributed by atoms with van der Waals surface area (Å²) in [5, 5.41) is 2.14. The van der Waals surface area contributed by atoms with Gasteiger partial charge in [-0.3, -0.25) is 5.01 Å². The normalized spacial score (nSPS) is 16.7. The molecular weight excluding hydrogens is 320 g/mol. The van der Waals surface area contributed by atoms with Crippen molar-refractivity contribution in [1.29, 1.82) is 0 Å². The third-order valence-corrected chi connectivity index (χ3v) is 4.55. The number of ether oxygens (including phenoxy) is 1. The van der Waals surface area contributed by atoms with E-state index >= 15 is 0 Å². The molecule has 0 spiro atoms. The number of anilines is 1. The van der Waals surface area contributed by atoms with Gasteiger partial charge in [-0.15, -0.1) is 0 Å². The van der Waals surface area contributed by atoms with Gasteiger partial charge < -0.3 is 4.74 Å². The van der Waals surface area contributed by atoms with Crippen LogP contribution in [0, 0.1) is 5.92 Å². The van der Waals surface area contributed by atoms with Crippen LogP contribution in [0.15, 0.2) is 54.7 Å². The summed E-state index contributed by atoms with van der Waals surface area (Å²) in [7, 11) is 0. The second kappa shape index (κ2) is 7.96. The Kier molecular flexibility index (Phi) is 5.67. The smallest absolute Gasteiger partial charge is 0.119 e. The molecule has 0 fully saturated rings. The maximum absolute atomic E-state index is 5.80. The second-order valence-electron chi connectivity index (χ2n) is 7.79. The Morgan fingerprint density at radius 3 is 2.27 bits per heavy atom. The van der Waals surface area contributed by atoms with Crippen molar-refractivity contribution in [2.45, 2.75) is 46.6 Å². The largest absolute Gasteiger partial charge is 0.493 e. The maximum Gasteiger partial charge on any atom is 0.119 e. The minimum atomic E-state index is 0.357. The van der Waals surface area contributed by atoms with Gasteiger partial charge in [0.25, 0.3) is 0 Å². The van der Waals surface area contributed by atoms with E-state index in [1.54, 1.807) is 0 Å². The van der Waals surface area contributed by atoms with Gasteiger partial charge in [0.2, 0.25) is 0 Å². The quantitative estimate of drug-likeness (QED) is 0.719. The van der Waals surface area contributed by atoms with Crippen LogP contribution < -0.4 is 15.2 Å². The molecule has 0 aromatic heterocycles. The van der Waals surface area contributed by atoms with Gasteiger partial charge in [0.15, 0.2) is 0 Å². The summed E-state index contributed by atoms with van der Waals surface area (Å²) in [6.07, 6.45) is 4.30. The van der Waals surface area contributed by atoms with Gasteiger partial charge in [-0.2, -0.15) is 0 Å². The average Bonchev–Trinajstić information content (AvgIpc) is 3.06. The van der Waals surface area contributed by atoms with E-state index in [0.717, 1.165) is 12.4 Å². The minimum absolute atomic E-state index is 0.357. The first-order valence-electron chi connectivity index (χ1n) is 9.55. The van der Waals surface area contributed by atoms with Gasteiger partial charge in [0.05, 0.1) is 12.3 Å². The number of hydrogen-bond acceptors (Lipinski definition) is 3. The maximum atomic E-state index is 5.80. The van der Waals surface area contributed by atoms with Gasteiger partial charge in [-0.05, 0) is 59.7 Å². The van der Waals surface area contributed by atoms with Crippen LogP contribution in [0.5, 0.6) is 5.75 Å². The number of nitrogens with one attached hydrogen (secondary N) is 1. The molecule has 1 heterocycles. The monoisotopic (exact) mass is 350 g/mol. The third-order valence-electron chi connectivity index (χ3n) is 4.55. The van der Waals surface area contributed by atoms with Crippen LogP contribution in [0.1, 0.15) is 46.1 Å². The Balaban J connectivity index is 1.87. The number of hydrogen-bond donors (Lipinski definition) is 1. The first-order chi connectivity index (χ1) is 12.4. The topological polar surface area (TPSA) is 24.5 Å². The summed E-state index contributed by atoms with van der Waals surface area (Å²) >= 11 is 0. The average molecular weight is 351 g/mol. The first kappa shape index (κ1) is 18.5. The van der Waals surface area contributed by atoms with E-state index < -0.39 is 0 Å². The first-order valence-corrected chi connectivity index (χ1v) is 9.55. The molecule has 2 aromatic carbocycles. The Hall–Kier alpha value is -2.26. The van der Waals surface area contributed by atoms with Crippen molar-refractivity contribution >= 4 is 5.69 Å². The zero-order chi connectivity index (χ0) is 18.7. The summed E-state index contributed by atoms with van der Waals surface area (Å²) in [6.45, 7) is 11.7. The fraction of sp³-hybridized carbons (Fsp3) is 0.391. The zero-order valence-electron chi connectivity index (χ0n) is 16.5. The molecule has 1 atom stereocenters. The van der Waals surface area contributed by atoms with E-state index in [1.165, 1.54) is 22.4 Å². The summed E-state index contributed by atoms with van der Waals surface area (Å²) in [6, 6.07) is 15.5. The highest BCUT2D eigenvalue weighted by Gasteiger charge is 2.18. The van der Waals surface area contributed by atoms with Crippen LogP contribution in [-0.2, 0) is 0 Å². The van der Waals surface area contributed by atoms with Gasteiger partial charge in [-0.25, -0.2) is 5.43 Å². The summed E-state index contributed by atoms with van der Waals surface area (Å²) < 4.78 is 5.80. The van der Waals surface area contributed by atoms with E-state index in [2.05, 4.69) is 99.8 Å². The molecule has 138 valence electrons. The highest BCUT2D eigenvalue weighted by atomic mass is 16.5. The highest BCUT2D eigenvalue weighted by Crippen LogP contribution is 2.33. The molecule has 26 heavy (non-hydrogen) atoms. The lowest BCUT2D eigenvalue weighted by atomic mass is 9.96. The Bertz CT molecular complexity index is 762. The SMILES string of the molecule is CC(C)COc1ccc(-c2ccc(C(C)C)c(N3C=CC(C)N3)c2)cc1. The molecule has 0 bridgehead atoms. The van der Waals surface area contributed by atoms with Crippen molar-refractivity contribution in [1.82, 2.24) is 5.43 Å². The predicted molar refractivity (Wildman–Crippen MR) is 111 cm³/mol. The highest BCUT2D eigenvalue weighted by molar-refractivity contribution is 5.72. The Labute approximate surface area is 157 Å². The molecular formula is C23H30N2O. The third kappa shape index (κ3) is 4.28. The molecule has 3 nitrogen and oxygen atoms in total. The van der Waals surface area contributed by atoms with Crippen molar-refractivity contribution < 1.29 is 4.74 Å². The zero-order valence-corrected chi connectivity index (χ0v) is 16.5. The van der Waals surface area contributed by atoms with E-state index in [4.69, 9.17) is 4.74 Å². The molecule has 3 rings (SSSR count). The molecule has 1 unspecified atom stereocenters. The van der Waals surface area contributed by atoms with Gasteiger partial charge >= 0.3 is 0 Å². The predicted octanol–water partition coefficient (Wildman–Crippen LogP) is 5.74. The number of hydrazine groups is 1. The summed E-state index contributed by atoms with van der Waals surface area (Å²) in [5.41, 5.74) is 8.47. The van der Waals surface area contributed by atoms with E-state index in [0.29, 0.717) is 17.9 Å². The molecule has 1 aliphatic heterocycles. The van der Waals surface area contributed by atoms with E-state index in [-0.39, 0.29) is 0 Å². The standard InChI is InChI=1S/C23H30N2O/c1-16(2)15-26-21-9-6-19(7-10-21)20-8-11-22(17(3)4)23(14-20)25-13-12-18(5)24-25/h6-14,16-18,24H,15H2,1-5H3. The Morgan fingerprint density at radius 2 is 1.69 bits per heavy atom. The van der Waals surface area contributed by atoms with Gasteiger partial charge in [0, 0.05) is 12.2 Å². The molecule has 0 saturated heterocycles. The van der Waals surface area contributed by atoms with Crippen molar-refractivity contribution in [2.24, 2.45) is 5.92 Å². The van der Waals surface area contributed by atoms with Gasteiger partial charge in [-0.1, -0.05) is 52.0 Å². The number of benzene rings is 2. The van der Waals surface area contributed by atoms with Crippen molar-refractivity contribution in [3.05, 3.63) is 60.3 Å². The second-order valence-corrected chi connectivity index (χ2v) is 7.79. The van der Waals surface area contributed by atoms with E-state index in [1.807, 2.05) is 0 Å². The summed E-state index contributed by atoms with van der Waals surface area (Å²) in [5.74, 6) is 1.93. The molecule has 3 heteroatoms. The van der Waals surface area contributed by atoms with Crippen molar-refractivity contribution in [3.63, 3.8) is 0 Å². The molecule has 0 radical (unpaired) electrons. The van der Waals surface area contributed by atoms with Crippen LogP contribution in [0.4, 0.5) is 5.69 Å². The van der Waals surface area contributed by atoms with Crippen LogP contribution in [-0.4, -0.2) is 12.6 Å². The van der Waals surface area contributed by atoms with E-state index in [9.17, 15) is 0 Å². The van der Waals surface area contributed by atoms with Crippen LogP contribution >= 0.6 is 0 Å².